The molecule has 290 valence electrons. The standard InChI is InChI=1S/C31H26F2N8O3S.C8H11F2N/c1-42-31-39-25-22-29(40-31)41(18-4-2-3-13-7-8-37-27(35)20(13)18)19-12-43-10-14(19)11-44-30(22)38-24(23(25)33)15-5-6-17(32)26-21(15)16(9-34)28(36)45-26;9-8(10)6-4-7-2-1-3-11(7)5-6/h5-8,14,18-19H,2-4,10-12,36H2,1H3,(H2,35,37);7H,1-5H2. The Morgan fingerprint density at radius 1 is 1.05 bits per heavy atom. The normalized spacial score (nSPS) is 22.7. The minimum atomic E-state index is -1.44. The molecule has 3 fully saturated rings. The average molecular weight is 788 g/mol. The lowest BCUT2D eigenvalue weighted by atomic mass is 9.85. The van der Waals surface area contributed by atoms with Gasteiger partial charge in [-0.1, -0.05) is 0 Å². The van der Waals surface area contributed by atoms with Crippen molar-refractivity contribution in [3.8, 4) is 29.2 Å². The number of anilines is 3. The molecule has 5 aromatic rings. The van der Waals surface area contributed by atoms with E-state index in [9.17, 15) is 18.4 Å². The largest absolute Gasteiger partial charge is 0.477 e. The Labute approximate surface area is 322 Å². The summed E-state index contributed by atoms with van der Waals surface area (Å²) in [5, 5.41) is 10.4. The van der Waals surface area contributed by atoms with Gasteiger partial charge >= 0.3 is 6.01 Å². The van der Waals surface area contributed by atoms with Crippen molar-refractivity contribution in [3.63, 3.8) is 0 Å². The molecule has 4 atom stereocenters. The first kappa shape index (κ1) is 36.3. The fraction of sp³-hybridized carbons (Fsp3) is 0.410. The molecule has 4 N–H and O–H groups in total. The van der Waals surface area contributed by atoms with Gasteiger partial charge in [-0.3, -0.25) is 4.90 Å². The molecule has 0 amide bonds. The lowest BCUT2D eigenvalue weighted by molar-refractivity contribution is 0.166. The second-order valence-corrected chi connectivity index (χ2v) is 15.7. The van der Waals surface area contributed by atoms with Crippen molar-refractivity contribution in [3.05, 3.63) is 64.4 Å². The lowest BCUT2D eigenvalue weighted by Gasteiger charge is -2.43. The van der Waals surface area contributed by atoms with Gasteiger partial charge < -0.3 is 30.6 Å². The van der Waals surface area contributed by atoms with Gasteiger partial charge in [0.1, 0.15) is 45.1 Å². The van der Waals surface area contributed by atoms with Gasteiger partial charge in [-0.05, 0) is 68.8 Å². The lowest BCUT2D eigenvalue weighted by Crippen LogP contribution is -2.47. The number of hydrogen-bond acceptors (Lipinski definition) is 13. The summed E-state index contributed by atoms with van der Waals surface area (Å²) in [6.07, 6.45) is 5.70. The summed E-state index contributed by atoms with van der Waals surface area (Å²) in [4.78, 5) is 22.6. The first-order chi connectivity index (χ1) is 27.2. The van der Waals surface area contributed by atoms with Crippen molar-refractivity contribution >= 4 is 49.0 Å². The van der Waals surface area contributed by atoms with Crippen LogP contribution in [0.15, 0.2) is 36.0 Å². The molecule has 1 aromatic carbocycles. The fourth-order valence-corrected chi connectivity index (χ4v) is 10.00. The summed E-state index contributed by atoms with van der Waals surface area (Å²) in [6, 6.07) is 6.58. The van der Waals surface area contributed by atoms with E-state index in [-0.39, 0.29) is 79.3 Å². The number of nitrogens with two attached hydrogens (primary N) is 2. The van der Waals surface area contributed by atoms with Crippen LogP contribution in [-0.2, 0) is 11.2 Å². The molecule has 1 aliphatic carbocycles. The number of benzene rings is 1. The van der Waals surface area contributed by atoms with E-state index in [4.69, 9.17) is 30.7 Å². The maximum Gasteiger partial charge on any atom is 0.318 e. The van der Waals surface area contributed by atoms with Gasteiger partial charge in [0.2, 0.25) is 5.88 Å². The number of rotatable bonds is 3. The zero-order valence-electron chi connectivity index (χ0n) is 30.3. The van der Waals surface area contributed by atoms with E-state index in [0.29, 0.717) is 49.4 Å². The maximum atomic E-state index is 16.9. The summed E-state index contributed by atoms with van der Waals surface area (Å²) in [5.41, 5.74) is 15.0. The van der Waals surface area contributed by atoms with E-state index < -0.39 is 17.7 Å². The van der Waals surface area contributed by atoms with Crippen LogP contribution in [0.2, 0.25) is 0 Å². The summed E-state index contributed by atoms with van der Waals surface area (Å²) >= 11 is 0.923. The second kappa shape index (κ2) is 14.3. The third-order valence-corrected chi connectivity index (χ3v) is 12.7. The Kier molecular flexibility index (Phi) is 9.29. The molecule has 0 radical (unpaired) electrons. The zero-order chi connectivity index (χ0) is 38.8. The third-order valence-electron chi connectivity index (χ3n) is 11.6. The van der Waals surface area contributed by atoms with Crippen molar-refractivity contribution in [1.29, 1.82) is 5.26 Å². The molecule has 56 heavy (non-hydrogen) atoms. The molecule has 3 saturated heterocycles. The smallest absolute Gasteiger partial charge is 0.318 e. The number of pyridine rings is 2. The van der Waals surface area contributed by atoms with Crippen molar-refractivity contribution in [2.45, 2.75) is 56.7 Å². The zero-order valence-corrected chi connectivity index (χ0v) is 31.1. The monoisotopic (exact) mass is 787 g/mol. The number of nitriles is 1. The van der Waals surface area contributed by atoms with Gasteiger partial charge in [-0.15, -0.1) is 11.3 Å². The molecule has 4 aliphatic heterocycles. The predicted molar refractivity (Wildman–Crippen MR) is 203 cm³/mol. The Bertz CT molecular complexity index is 2460. The number of aryl methyl sites for hydroxylation is 1. The molecular formula is C39H37F4N9O3S. The number of hydrogen-bond donors (Lipinski definition) is 2. The molecular weight excluding hydrogens is 751 g/mol. The van der Waals surface area contributed by atoms with Crippen molar-refractivity contribution < 1.29 is 31.8 Å². The van der Waals surface area contributed by atoms with Crippen molar-refractivity contribution in [1.82, 2.24) is 24.8 Å². The van der Waals surface area contributed by atoms with Gasteiger partial charge in [0.05, 0.1) is 49.3 Å². The number of nitrogens with zero attached hydrogens (tertiary/aromatic N) is 7. The van der Waals surface area contributed by atoms with Crippen LogP contribution in [0.25, 0.3) is 32.2 Å². The van der Waals surface area contributed by atoms with Crippen LogP contribution in [0, 0.1) is 28.9 Å². The molecule has 17 heteroatoms. The number of fused-ring (bicyclic) bond motifs is 4. The molecule has 0 spiro atoms. The number of thiophene rings is 1. The topological polar surface area (TPSA) is 162 Å². The van der Waals surface area contributed by atoms with E-state index >= 15 is 4.39 Å². The first-order valence-electron chi connectivity index (χ1n) is 18.5. The Hall–Kier alpha value is -5.31. The number of nitrogen functional groups attached to an aromatic ring is 2. The highest BCUT2D eigenvalue weighted by atomic mass is 32.1. The highest BCUT2D eigenvalue weighted by Crippen LogP contribution is 2.49. The minimum Gasteiger partial charge on any atom is -0.477 e. The van der Waals surface area contributed by atoms with Crippen LogP contribution in [-0.4, -0.2) is 76.9 Å². The predicted octanol–water partition coefficient (Wildman–Crippen LogP) is 6.92. The summed E-state index contributed by atoms with van der Waals surface area (Å²) < 4.78 is 73.9. The van der Waals surface area contributed by atoms with Crippen molar-refractivity contribution in [2.24, 2.45) is 5.92 Å². The molecule has 4 unspecified atom stereocenters. The summed E-state index contributed by atoms with van der Waals surface area (Å²) in [5.74, 6) is -0.531. The van der Waals surface area contributed by atoms with Gasteiger partial charge in [0.15, 0.2) is 5.82 Å². The molecule has 5 aliphatic rings. The molecule has 12 nitrogen and oxygen atoms in total. The van der Waals surface area contributed by atoms with E-state index in [1.54, 1.807) is 6.20 Å². The third kappa shape index (κ3) is 5.93. The summed E-state index contributed by atoms with van der Waals surface area (Å²) in [7, 11) is 1.41. The van der Waals surface area contributed by atoms with Gasteiger partial charge in [-0.25, -0.2) is 18.7 Å². The fourth-order valence-electron chi connectivity index (χ4n) is 9.05. The van der Waals surface area contributed by atoms with Crippen LogP contribution in [0.4, 0.5) is 34.2 Å². The number of aromatic nitrogens is 4. The van der Waals surface area contributed by atoms with E-state index in [2.05, 4.69) is 24.8 Å². The van der Waals surface area contributed by atoms with Crippen molar-refractivity contribution in [2.75, 3.05) is 56.4 Å². The highest BCUT2D eigenvalue weighted by molar-refractivity contribution is 7.23. The van der Waals surface area contributed by atoms with Gasteiger partial charge in [-0.2, -0.15) is 24.0 Å². The van der Waals surface area contributed by atoms with Gasteiger partial charge in [0, 0.05) is 46.8 Å². The van der Waals surface area contributed by atoms with Gasteiger partial charge in [0.25, 0.3) is 6.08 Å². The molecule has 8 heterocycles. The van der Waals surface area contributed by atoms with E-state index in [1.807, 2.05) is 12.1 Å². The maximum absolute atomic E-state index is 16.9. The second-order valence-electron chi connectivity index (χ2n) is 14.7. The first-order valence-corrected chi connectivity index (χ1v) is 19.3. The number of ether oxygens (including phenoxy) is 3. The van der Waals surface area contributed by atoms with Crippen LogP contribution in [0.5, 0.6) is 11.9 Å². The number of halogens is 4. The SMILES string of the molecule is COc1nc2c3c(nc(-c4ccc(F)c5sc(N)c(C#N)c45)c(F)c3n1)OCC1COCC1N2C1CCCc2ccnc(N)c21.FC(F)=C1CC2CCCN2C1. The quantitative estimate of drug-likeness (QED) is 0.182. The van der Waals surface area contributed by atoms with Crippen LogP contribution in [0.3, 0.4) is 0 Å². The summed E-state index contributed by atoms with van der Waals surface area (Å²) in [6.45, 7) is 2.61. The van der Waals surface area contributed by atoms with Crippen LogP contribution in [0.1, 0.15) is 54.8 Å². The molecule has 0 saturated carbocycles. The highest BCUT2D eigenvalue weighted by Gasteiger charge is 2.44. The van der Waals surface area contributed by atoms with Crippen LogP contribution < -0.4 is 25.8 Å². The Balaban J connectivity index is 0.000000320. The Morgan fingerprint density at radius 2 is 1.91 bits per heavy atom. The Morgan fingerprint density at radius 3 is 2.70 bits per heavy atom. The van der Waals surface area contributed by atoms with E-state index in [0.717, 1.165) is 54.7 Å². The molecule has 0 bridgehead atoms. The average Bonchev–Trinajstić information content (AvgIpc) is 3.99. The van der Waals surface area contributed by atoms with E-state index in [1.165, 1.54) is 25.7 Å². The number of methoxy groups -OCH3 is 1. The molecule has 10 rings (SSSR count). The molecule has 4 aromatic heterocycles. The van der Waals surface area contributed by atoms with Crippen LogP contribution >= 0.6 is 11.3 Å². The minimum absolute atomic E-state index is 0.0506.